The quantitative estimate of drug-likeness (QED) is 0.297. The van der Waals surface area contributed by atoms with E-state index in [0.717, 1.165) is 79.1 Å². The number of anilines is 1. The summed E-state index contributed by atoms with van der Waals surface area (Å²) >= 11 is 0. The van der Waals surface area contributed by atoms with Gasteiger partial charge in [0.25, 0.3) is 0 Å². The highest BCUT2D eigenvalue weighted by Crippen LogP contribution is 2.45. The van der Waals surface area contributed by atoms with Crippen LogP contribution in [0.5, 0.6) is 0 Å². The van der Waals surface area contributed by atoms with Crippen LogP contribution in [0.1, 0.15) is 92.8 Å². The number of aryl methyl sites for hydroxylation is 3. The molecule has 3 aromatic rings. The lowest BCUT2D eigenvalue weighted by atomic mass is 9.81. The van der Waals surface area contributed by atoms with Crippen molar-refractivity contribution in [1.29, 1.82) is 0 Å². The van der Waals surface area contributed by atoms with Crippen molar-refractivity contribution in [3.63, 3.8) is 0 Å². The summed E-state index contributed by atoms with van der Waals surface area (Å²) in [5, 5.41) is 10.5. The maximum absolute atomic E-state index is 14.0. The standard InChI is InChI=1S/C37H48FN3O3/c1-23-17-26(19-30(38)18-23)21-40-14-11-27-20-28(9-10-29(27)22-40)31-24(2)39-25(3)32(34(35(42)43)44-36(4,5)6)33(31)41-15-12-37(7,8)13-16-41/h9-10,17-20,34H,11-16,21-22H2,1-8H3,(H,42,43). The zero-order chi connectivity index (χ0) is 32.0. The molecular formula is C37H48FN3O3. The van der Waals surface area contributed by atoms with Crippen LogP contribution in [-0.2, 0) is 29.0 Å². The van der Waals surface area contributed by atoms with E-state index in [0.29, 0.717) is 17.8 Å². The lowest BCUT2D eigenvalue weighted by Gasteiger charge is -2.41. The molecule has 1 N–H and O–H groups in total. The van der Waals surface area contributed by atoms with Gasteiger partial charge in [0.05, 0.1) is 11.3 Å². The minimum Gasteiger partial charge on any atom is -0.479 e. The molecule has 0 bridgehead atoms. The van der Waals surface area contributed by atoms with E-state index < -0.39 is 17.7 Å². The van der Waals surface area contributed by atoms with Gasteiger partial charge < -0.3 is 14.7 Å². The third-order valence-electron chi connectivity index (χ3n) is 9.06. The summed E-state index contributed by atoms with van der Waals surface area (Å²) in [6.45, 7) is 20.3. The van der Waals surface area contributed by atoms with Crippen LogP contribution >= 0.6 is 0 Å². The molecule has 0 amide bonds. The normalized spacial score (nSPS) is 17.8. The highest BCUT2D eigenvalue weighted by Gasteiger charge is 2.36. The zero-order valence-corrected chi connectivity index (χ0v) is 27.7. The van der Waals surface area contributed by atoms with Gasteiger partial charge >= 0.3 is 5.97 Å². The predicted octanol–water partition coefficient (Wildman–Crippen LogP) is 7.94. The SMILES string of the molecule is Cc1cc(F)cc(CN2CCc3cc(-c4c(C)nc(C)c(C(OC(C)(C)C)C(=O)O)c4N4CCC(C)(C)CC4)ccc3C2)c1. The van der Waals surface area contributed by atoms with E-state index in [1.165, 1.54) is 11.1 Å². The molecule has 6 nitrogen and oxygen atoms in total. The summed E-state index contributed by atoms with van der Waals surface area (Å²) in [6, 6.07) is 11.9. The average molecular weight is 602 g/mol. The third kappa shape index (κ3) is 7.16. The molecule has 7 heteroatoms. The fraction of sp³-hybridized carbons (Fsp3) is 0.514. The number of ether oxygens (including phenoxy) is 1. The summed E-state index contributed by atoms with van der Waals surface area (Å²) in [5.74, 6) is -1.19. The summed E-state index contributed by atoms with van der Waals surface area (Å²) in [6.07, 6.45) is 1.80. The van der Waals surface area contributed by atoms with Crippen molar-refractivity contribution in [2.75, 3.05) is 24.5 Å². The molecule has 0 aliphatic carbocycles. The lowest BCUT2D eigenvalue weighted by Crippen LogP contribution is -2.39. The first kappa shape index (κ1) is 32.1. The van der Waals surface area contributed by atoms with Crippen LogP contribution in [0.3, 0.4) is 0 Å². The first-order valence-electron chi connectivity index (χ1n) is 15.9. The number of halogens is 1. The number of benzene rings is 2. The number of rotatable bonds is 7. The monoisotopic (exact) mass is 601 g/mol. The summed E-state index contributed by atoms with van der Waals surface area (Å²) in [7, 11) is 0. The third-order valence-corrected chi connectivity index (χ3v) is 9.06. The van der Waals surface area contributed by atoms with Gasteiger partial charge in [0, 0.05) is 55.2 Å². The lowest BCUT2D eigenvalue weighted by molar-refractivity contribution is -0.160. The number of nitrogens with zero attached hydrogens (tertiary/aromatic N) is 3. The van der Waals surface area contributed by atoms with E-state index in [-0.39, 0.29) is 11.2 Å². The van der Waals surface area contributed by atoms with Gasteiger partial charge in [0.2, 0.25) is 0 Å². The number of hydrogen-bond acceptors (Lipinski definition) is 5. The van der Waals surface area contributed by atoms with Crippen molar-refractivity contribution < 1.29 is 19.0 Å². The molecule has 1 saturated heterocycles. The Hall–Kier alpha value is -3.29. The Bertz CT molecular complexity index is 1530. The topological polar surface area (TPSA) is 65.9 Å². The summed E-state index contributed by atoms with van der Waals surface area (Å²) in [4.78, 5) is 22.5. The zero-order valence-electron chi connectivity index (χ0n) is 27.7. The Kier molecular flexibility index (Phi) is 8.94. The molecule has 44 heavy (non-hydrogen) atoms. The van der Waals surface area contributed by atoms with Crippen molar-refractivity contribution in [2.45, 2.75) is 99.4 Å². The van der Waals surface area contributed by atoms with Crippen LogP contribution in [0.15, 0.2) is 36.4 Å². The van der Waals surface area contributed by atoms with Gasteiger partial charge in [0.1, 0.15) is 5.82 Å². The molecule has 0 saturated carbocycles. The molecule has 0 radical (unpaired) electrons. The Labute approximate surface area is 262 Å². The van der Waals surface area contributed by atoms with Crippen LogP contribution in [-0.4, -0.2) is 46.2 Å². The van der Waals surface area contributed by atoms with E-state index in [9.17, 15) is 14.3 Å². The Morgan fingerprint density at radius 1 is 1.02 bits per heavy atom. The number of aromatic nitrogens is 1. The fourth-order valence-electron chi connectivity index (χ4n) is 6.82. The Morgan fingerprint density at radius 2 is 1.73 bits per heavy atom. The van der Waals surface area contributed by atoms with E-state index in [1.54, 1.807) is 12.1 Å². The first-order chi connectivity index (χ1) is 20.6. The van der Waals surface area contributed by atoms with Crippen LogP contribution in [0, 0.1) is 32.0 Å². The number of piperidine rings is 1. The molecule has 0 spiro atoms. The van der Waals surface area contributed by atoms with E-state index in [1.807, 2.05) is 41.5 Å². The van der Waals surface area contributed by atoms with Gasteiger partial charge in [0.15, 0.2) is 6.10 Å². The number of carboxylic acid groups (broad SMARTS) is 1. The van der Waals surface area contributed by atoms with Gasteiger partial charge in [-0.1, -0.05) is 38.1 Å². The fourth-order valence-corrected chi connectivity index (χ4v) is 6.82. The number of pyridine rings is 1. The van der Waals surface area contributed by atoms with E-state index in [4.69, 9.17) is 9.72 Å². The van der Waals surface area contributed by atoms with Crippen molar-refractivity contribution in [2.24, 2.45) is 5.41 Å². The molecular weight excluding hydrogens is 553 g/mol. The molecule has 3 heterocycles. The minimum atomic E-state index is -1.13. The van der Waals surface area contributed by atoms with Gasteiger partial charge in [-0.3, -0.25) is 9.88 Å². The summed E-state index contributed by atoms with van der Waals surface area (Å²) in [5.41, 5.74) is 9.34. The molecule has 236 valence electrons. The van der Waals surface area contributed by atoms with Gasteiger partial charge in [-0.25, -0.2) is 9.18 Å². The molecule has 1 unspecified atom stereocenters. The van der Waals surface area contributed by atoms with Crippen LogP contribution < -0.4 is 4.90 Å². The van der Waals surface area contributed by atoms with Crippen molar-refractivity contribution in [1.82, 2.24) is 9.88 Å². The smallest absolute Gasteiger partial charge is 0.337 e. The van der Waals surface area contributed by atoms with Crippen molar-refractivity contribution in [3.8, 4) is 11.1 Å². The van der Waals surface area contributed by atoms with Gasteiger partial charge in [-0.15, -0.1) is 0 Å². The maximum atomic E-state index is 14.0. The van der Waals surface area contributed by atoms with E-state index in [2.05, 4.69) is 47.9 Å². The highest BCUT2D eigenvalue weighted by atomic mass is 19.1. The molecule has 1 aromatic heterocycles. The second kappa shape index (κ2) is 12.2. The van der Waals surface area contributed by atoms with Gasteiger partial charge in [-0.05, 0) is 106 Å². The number of aliphatic carboxylic acids is 1. The molecule has 2 aliphatic rings. The van der Waals surface area contributed by atoms with Crippen molar-refractivity contribution >= 4 is 11.7 Å². The largest absolute Gasteiger partial charge is 0.479 e. The minimum absolute atomic E-state index is 0.186. The van der Waals surface area contributed by atoms with E-state index >= 15 is 0 Å². The molecule has 1 fully saturated rings. The Morgan fingerprint density at radius 3 is 2.36 bits per heavy atom. The van der Waals surface area contributed by atoms with Gasteiger partial charge in [-0.2, -0.15) is 0 Å². The number of carbonyl (C=O) groups is 1. The molecule has 2 aromatic carbocycles. The van der Waals surface area contributed by atoms with Crippen LogP contribution in [0.25, 0.3) is 11.1 Å². The van der Waals surface area contributed by atoms with Crippen LogP contribution in [0.2, 0.25) is 0 Å². The maximum Gasteiger partial charge on any atom is 0.337 e. The summed E-state index contributed by atoms with van der Waals surface area (Å²) < 4.78 is 20.3. The Balaban J connectivity index is 1.56. The molecule has 5 rings (SSSR count). The second-order valence-electron chi connectivity index (χ2n) is 14.6. The second-order valence-corrected chi connectivity index (χ2v) is 14.6. The number of fused-ring (bicyclic) bond motifs is 1. The average Bonchev–Trinajstić information content (AvgIpc) is 2.90. The number of carboxylic acids is 1. The van der Waals surface area contributed by atoms with Crippen molar-refractivity contribution in [3.05, 3.63) is 81.4 Å². The highest BCUT2D eigenvalue weighted by molar-refractivity contribution is 5.88. The van der Waals surface area contributed by atoms with Crippen LogP contribution in [0.4, 0.5) is 10.1 Å². The molecule has 2 aliphatic heterocycles. The number of hydrogen-bond donors (Lipinski definition) is 1. The molecule has 1 atom stereocenters. The predicted molar refractivity (Wildman–Crippen MR) is 175 cm³/mol. The first-order valence-corrected chi connectivity index (χ1v) is 15.9.